The zero-order chi connectivity index (χ0) is 17.6. The number of rotatable bonds is 4. The predicted octanol–water partition coefficient (Wildman–Crippen LogP) is 3.98. The van der Waals surface area contributed by atoms with E-state index in [2.05, 4.69) is 27.4 Å². The lowest BCUT2D eigenvalue weighted by atomic mass is 9.53. The van der Waals surface area contributed by atoms with Gasteiger partial charge in [-0.3, -0.25) is 0 Å². The van der Waals surface area contributed by atoms with Gasteiger partial charge < -0.3 is 10.4 Å². The van der Waals surface area contributed by atoms with Crippen LogP contribution in [0.3, 0.4) is 0 Å². The number of benzene rings is 1. The Labute approximate surface area is 156 Å². The maximum atomic E-state index is 9.52. The van der Waals surface area contributed by atoms with Gasteiger partial charge in [0, 0.05) is 23.2 Å². The van der Waals surface area contributed by atoms with E-state index >= 15 is 0 Å². The van der Waals surface area contributed by atoms with Crippen LogP contribution in [0.15, 0.2) is 48.0 Å². The molecule has 2 heterocycles. The Morgan fingerprint density at radius 3 is 2.58 bits per heavy atom. The maximum Gasteiger partial charge on any atom is 0.223 e. The molecule has 2 aliphatic rings. The molecule has 6 heteroatoms. The highest BCUT2D eigenvalue weighted by Gasteiger charge is 2.52. The fourth-order valence-corrected chi connectivity index (χ4v) is 5.04. The topological polar surface area (TPSA) is 70.9 Å². The quantitative estimate of drug-likeness (QED) is 0.733. The second-order valence-corrected chi connectivity index (χ2v) is 8.34. The SMILES string of the molecule is OC1CC2(C1)CC(Nc1nccc(-c3csc(-c4ccccc4)n3)n1)C2. The van der Waals surface area contributed by atoms with Crippen molar-refractivity contribution < 1.29 is 5.11 Å². The number of anilines is 1. The van der Waals surface area contributed by atoms with E-state index in [1.54, 1.807) is 17.5 Å². The summed E-state index contributed by atoms with van der Waals surface area (Å²) >= 11 is 1.63. The third-order valence-corrected chi connectivity index (χ3v) is 6.36. The van der Waals surface area contributed by atoms with E-state index in [1.165, 1.54) is 0 Å². The summed E-state index contributed by atoms with van der Waals surface area (Å²) in [5.41, 5.74) is 3.23. The molecule has 2 saturated carbocycles. The van der Waals surface area contributed by atoms with Gasteiger partial charge in [0.25, 0.3) is 0 Å². The van der Waals surface area contributed by atoms with Crippen molar-refractivity contribution in [2.24, 2.45) is 5.41 Å². The van der Waals surface area contributed by atoms with Gasteiger partial charge in [-0.15, -0.1) is 11.3 Å². The van der Waals surface area contributed by atoms with Crippen molar-refractivity contribution in [2.45, 2.75) is 37.8 Å². The number of hydrogen-bond donors (Lipinski definition) is 2. The van der Waals surface area contributed by atoms with Crippen molar-refractivity contribution in [1.29, 1.82) is 0 Å². The first kappa shape index (κ1) is 15.9. The molecular weight excluding hydrogens is 344 g/mol. The smallest absolute Gasteiger partial charge is 0.223 e. The van der Waals surface area contributed by atoms with Gasteiger partial charge in [-0.2, -0.15) is 0 Å². The van der Waals surface area contributed by atoms with Crippen molar-refractivity contribution in [3.05, 3.63) is 48.0 Å². The highest BCUT2D eigenvalue weighted by molar-refractivity contribution is 7.13. The van der Waals surface area contributed by atoms with E-state index in [0.29, 0.717) is 17.4 Å². The van der Waals surface area contributed by atoms with Gasteiger partial charge in [0.05, 0.1) is 11.8 Å². The fraction of sp³-hybridized carbons (Fsp3) is 0.350. The van der Waals surface area contributed by atoms with Gasteiger partial charge in [-0.05, 0) is 37.2 Å². The third kappa shape index (κ3) is 2.89. The second kappa shape index (κ2) is 6.14. The molecule has 5 nitrogen and oxygen atoms in total. The zero-order valence-corrected chi connectivity index (χ0v) is 15.1. The minimum atomic E-state index is -0.0843. The zero-order valence-electron chi connectivity index (χ0n) is 14.3. The van der Waals surface area contributed by atoms with Crippen LogP contribution in [0.4, 0.5) is 5.95 Å². The third-order valence-electron chi connectivity index (χ3n) is 5.47. The Morgan fingerprint density at radius 2 is 1.81 bits per heavy atom. The number of aliphatic hydroxyl groups excluding tert-OH is 1. The van der Waals surface area contributed by atoms with E-state index in [-0.39, 0.29) is 6.10 Å². The van der Waals surface area contributed by atoms with Crippen molar-refractivity contribution in [1.82, 2.24) is 15.0 Å². The molecule has 0 radical (unpaired) electrons. The summed E-state index contributed by atoms with van der Waals surface area (Å²) in [6, 6.07) is 12.5. The fourth-order valence-electron chi connectivity index (χ4n) is 4.22. The van der Waals surface area contributed by atoms with Crippen LogP contribution < -0.4 is 5.32 Å². The molecule has 0 bridgehead atoms. The molecule has 1 spiro atoms. The highest BCUT2D eigenvalue weighted by atomic mass is 32.1. The van der Waals surface area contributed by atoms with E-state index in [0.717, 1.165) is 47.6 Å². The highest BCUT2D eigenvalue weighted by Crippen LogP contribution is 2.56. The summed E-state index contributed by atoms with van der Waals surface area (Å²) in [5.74, 6) is 0.663. The van der Waals surface area contributed by atoms with Crippen molar-refractivity contribution in [3.8, 4) is 22.0 Å². The van der Waals surface area contributed by atoms with Crippen molar-refractivity contribution in [2.75, 3.05) is 5.32 Å². The summed E-state index contributed by atoms with van der Waals surface area (Å²) in [5, 5.41) is 16.0. The average molecular weight is 364 g/mol. The first-order chi connectivity index (χ1) is 12.7. The number of aromatic nitrogens is 3. The van der Waals surface area contributed by atoms with Crippen LogP contribution in [-0.2, 0) is 0 Å². The van der Waals surface area contributed by atoms with E-state index in [1.807, 2.05) is 29.6 Å². The van der Waals surface area contributed by atoms with Crippen LogP contribution in [0.2, 0.25) is 0 Å². The van der Waals surface area contributed by atoms with Crippen LogP contribution in [0.1, 0.15) is 25.7 Å². The monoisotopic (exact) mass is 364 g/mol. The molecule has 1 aromatic carbocycles. The molecule has 132 valence electrons. The van der Waals surface area contributed by atoms with E-state index in [4.69, 9.17) is 4.98 Å². The first-order valence-electron chi connectivity index (χ1n) is 8.98. The molecule has 5 rings (SSSR count). The summed E-state index contributed by atoms with van der Waals surface area (Å²) in [6.45, 7) is 0. The van der Waals surface area contributed by atoms with Crippen LogP contribution in [0.25, 0.3) is 22.0 Å². The Hall–Kier alpha value is -2.31. The Bertz CT molecular complexity index is 912. The first-order valence-corrected chi connectivity index (χ1v) is 9.86. The van der Waals surface area contributed by atoms with Crippen molar-refractivity contribution >= 4 is 17.3 Å². The van der Waals surface area contributed by atoms with Gasteiger partial charge in [-0.25, -0.2) is 15.0 Å². The second-order valence-electron chi connectivity index (χ2n) is 7.48. The number of thiazole rings is 1. The van der Waals surface area contributed by atoms with Gasteiger partial charge in [0.1, 0.15) is 10.7 Å². The average Bonchev–Trinajstić information content (AvgIpc) is 3.10. The van der Waals surface area contributed by atoms with Crippen LogP contribution in [0, 0.1) is 5.41 Å². The summed E-state index contributed by atoms with van der Waals surface area (Å²) < 4.78 is 0. The standard InChI is InChI=1S/C20H20N4OS/c25-15-10-20(11-15)8-14(9-20)22-19-21-7-6-16(24-19)17-12-26-18(23-17)13-4-2-1-3-5-13/h1-7,12,14-15,25H,8-11H2,(H,21,22,24). The van der Waals surface area contributed by atoms with Crippen LogP contribution in [-0.4, -0.2) is 32.2 Å². The largest absolute Gasteiger partial charge is 0.393 e. The predicted molar refractivity (Wildman–Crippen MR) is 103 cm³/mol. The Morgan fingerprint density at radius 1 is 1.00 bits per heavy atom. The van der Waals surface area contributed by atoms with Crippen molar-refractivity contribution in [3.63, 3.8) is 0 Å². The maximum absolute atomic E-state index is 9.52. The van der Waals surface area contributed by atoms with Gasteiger partial charge in [0.15, 0.2) is 0 Å². The van der Waals surface area contributed by atoms with Gasteiger partial charge in [-0.1, -0.05) is 30.3 Å². The van der Waals surface area contributed by atoms with Crippen LogP contribution >= 0.6 is 11.3 Å². The number of nitrogens with one attached hydrogen (secondary N) is 1. The van der Waals surface area contributed by atoms with Gasteiger partial charge in [0.2, 0.25) is 5.95 Å². The molecule has 0 aliphatic heterocycles. The lowest BCUT2D eigenvalue weighted by Gasteiger charge is -2.56. The lowest BCUT2D eigenvalue weighted by molar-refractivity contribution is -0.0868. The molecule has 2 aliphatic carbocycles. The molecule has 26 heavy (non-hydrogen) atoms. The number of hydrogen-bond acceptors (Lipinski definition) is 6. The molecule has 0 amide bonds. The molecular formula is C20H20N4OS. The van der Waals surface area contributed by atoms with Crippen LogP contribution in [0.5, 0.6) is 0 Å². The summed E-state index contributed by atoms with van der Waals surface area (Å²) in [6.07, 6.45) is 5.81. The minimum absolute atomic E-state index is 0.0843. The lowest BCUT2D eigenvalue weighted by Crippen LogP contribution is -2.54. The number of aliphatic hydroxyl groups is 1. The van der Waals surface area contributed by atoms with E-state index < -0.39 is 0 Å². The van der Waals surface area contributed by atoms with E-state index in [9.17, 15) is 5.11 Å². The molecule has 0 unspecified atom stereocenters. The molecule has 0 atom stereocenters. The molecule has 0 saturated heterocycles. The number of nitrogens with zero attached hydrogens (tertiary/aromatic N) is 3. The Kier molecular flexibility index (Phi) is 3.76. The Balaban J connectivity index is 1.29. The molecule has 2 N–H and O–H groups in total. The minimum Gasteiger partial charge on any atom is -0.393 e. The normalized spacial score (nSPS) is 27.0. The molecule has 3 aromatic rings. The molecule has 2 aromatic heterocycles. The summed E-state index contributed by atoms with van der Waals surface area (Å²) in [7, 11) is 0. The van der Waals surface area contributed by atoms with Gasteiger partial charge >= 0.3 is 0 Å². The summed E-state index contributed by atoms with van der Waals surface area (Å²) in [4.78, 5) is 13.7. The molecule has 2 fully saturated rings.